The number of fused-ring (bicyclic) bond motifs is 14. The quantitative estimate of drug-likeness (QED) is 0.141. The first-order valence-corrected chi connectivity index (χ1v) is 27.0. The third-order valence-electron chi connectivity index (χ3n) is 16.2. The van der Waals surface area contributed by atoms with E-state index in [1.54, 1.807) is 0 Å². The Morgan fingerprint density at radius 3 is 0.925 bits per heavy atom. The molecule has 0 aliphatic rings. The van der Waals surface area contributed by atoms with Crippen LogP contribution in [-0.2, 0) is 0 Å². The fourth-order valence-electron chi connectivity index (χ4n) is 12.7. The van der Waals surface area contributed by atoms with Gasteiger partial charge in [0, 0.05) is 65.8 Å². The predicted molar refractivity (Wildman–Crippen MR) is 331 cm³/mol. The molecule has 374 valence electrons. The molecule has 0 aliphatic heterocycles. The van der Waals surface area contributed by atoms with Crippen LogP contribution in [0.4, 0.5) is 34.1 Å². The highest BCUT2D eigenvalue weighted by Crippen LogP contribution is 2.51. The summed E-state index contributed by atoms with van der Waals surface area (Å²) in [6, 6.07) is 94.8. The van der Waals surface area contributed by atoms with Crippen LogP contribution < -0.4 is 9.80 Å². The van der Waals surface area contributed by atoms with E-state index >= 15 is 0 Å². The van der Waals surface area contributed by atoms with Gasteiger partial charge in [-0.15, -0.1) is 0 Å². The van der Waals surface area contributed by atoms with Gasteiger partial charge >= 0.3 is 0 Å². The van der Waals surface area contributed by atoms with Crippen LogP contribution in [0.3, 0.4) is 0 Å². The number of benzene rings is 13. The van der Waals surface area contributed by atoms with Crippen LogP contribution in [0.15, 0.2) is 285 Å². The largest absolute Gasteiger partial charge is 0.456 e. The average molecular weight is 1030 g/mol. The maximum Gasteiger partial charge on any atom is 0.159 e. The number of rotatable bonds is 8. The van der Waals surface area contributed by atoms with Gasteiger partial charge in [-0.25, -0.2) is 0 Å². The van der Waals surface area contributed by atoms with Crippen molar-refractivity contribution < 1.29 is 17.7 Å². The Labute approximate surface area is 457 Å². The second kappa shape index (κ2) is 17.3. The van der Waals surface area contributed by atoms with Crippen LogP contribution in [0.5, 0.6) is 0 Å². The van der Waals surface area contributed by atoms with E-state index in [0.717, 1.165) is 166 Å². The average Bonchev–Trinajstić information content (AvgIpc) is 4.34. The zero-order valence-electron chi connectivity index (χ0n) is 42.9. The third kappa shape index (κ3) is 6.72. The molecule has 0 atom stereocenters. The van der Waals surface area contributed by atoms with Gasteiger partial charge in [0.1, 0.15) is 33.5 Å². The molecule has 0 saturated carbocycles. The molecule has 0 spiro atoms. The Hall–Kier alpha value is -10.8. The molecule has 0 fully saturated rings. The van der Waals surface area contributed by atoms with E-state index in [0.29, 0.717) is 0 Å². The summed E-state index contributed by atoms with van der Waals surface area (Å²) in [5, 5.41) is 13.0. The number of para-hydroxylation sites is 6. The Bertz CT molecular complexity index is 5000. The first-order valence-electron chi connectivity index (χ1n) is 27.0. The molecule has 17 aromatic rings. The van der Waals surface area contributed by atoms with Crippen molar-refractivity contribution in [2.45, 2.75) is 0 Å². The lowest BCUT2D eigenvalue weighted by Crippen LogP contribution is -2.11. The van der Waals surface area contributed by atoms with Crippen molar-refractivity contribution in [3.8, 4) is 22.3 Å². The summed E-state index contributed by atoms with van der Waals surface area (Å²) in [6.07, 6.45) is 0. The molecule has 0 N–H and O–H groups in total. The van der Waals surface area contributed by atoms with E-state index < -0.39 is 0 Å². The van der Waals surface area contributed by atoms with Crippen LogP contribution in [0.25, 0.3) is 132 Å². The molecule has 4 aromatic heterocycles. The van der Waals surface area contributed by atoms with Crippen LogP contribution >= 0.6 is 0 Å². The highest BCUT2D eigenvalue weighted by molar-refractivity contribution is 6.23. The van der Waals surface area contributed by atoms with Crippen molar-refractivity contribution >= 4 is 143 Å². The Morgan fingerprint density at radius 2 is 0.512 bits per heavy atom. The Kier molecular flexibility index (Phi) is 9.61. The number of hydrogen-bond donors (Lipinski definition) is 0. The van der Waals surface area contributed by atoms with E-state index in [1.165, 1.54) is 0 Å². The van der Waals surface area contributed by atoms with Crippen molar-refractivity contribution in [1.29, 1.82) is 0 Å². The van der Waals surface area contributed by atoms with Gasteiger partial charge in [0.05, 0.1) is 11.4 Å². The minimum Gasteiger partial charge on any atom is -0.456 e. The lowest BCUT2D eigenvalue weighted by atomic mass is 9.85. The second-order valence-electron chi connectivity index (χ2n) is 20.7. The SMILES string of the molecule is c1ccc(-c2c3ccc(N(c4ccc5oc6ccccc6c5c4)c4cccc5c4oc4ccccc45)cc3c(-c3ccccc3)c3ccc(N(c4ccc5oc6ccccc6c5c4)c4cccc5c4oc4ccccc45)cc23)cc1. The number of furan rings is 4. The summed E-state index contributed by atoms with van der Waals surface area (Å²) in [5.74, 6) is 0. The van der Waals surface area contributed by atoms with Gasteiger partial charge in [0.15, 0.2) is 11.2 Å². The molecule has 0 unspecified atom stereocenters. The zero-order valence-corrected chi connectivity index (χ0v) is 42.9. The molecule has 0 radical (unpaired) electrons. The fraction of sp³-hybridized carbons (Fsp3) is 0. The van der Waals surface area contributed by atoms with Gasteiger partial charge < -0.3 is 27.5 Å². The van der Waals surface area contributed by atoms with Crippen LogP contribution in [0.2, 0.25) is 0 Å². The zero-order chi connectivity index (χ0) is 52.4. The fourth-order valence-corrected chi connectivity index (χ4v) is 12.7. The van der Waals surface area contributed by atoms with Gasteiger partial charge in [-0.3, -0.25) is 0 Å². The maximum absolute atomic E-state index is 6.86. The van der Waals surface area contributed by atoms with Gasteiger partial charge in [-0.1, -0.05) is 170 Å². The molecule has 4 heterocycles. The lowest BCUT2D eigenvalue weighted by molar-refractivity contribution is 0.668. The highest BCUT2D eigenvalue weighted by Gasteiger charge is 2.26. The molecule has 0 aliphatic carbocycles. The van der Waals surface area contributed by atoms with Crippen LogP contribution in [-0.4, -0.2) is 0 Å². The highest BCUT2D eigenvalue weighted by atomic mass is 16.3. The minimum atomic E-state index is 0.813. The summed E-state index contributed by atoms with van der Waals surface area (Å²) in [4.78, 5) is 4.71. The second-order valence-corrected chi connectivity index (χ2v) is 20.7. The first-order chi connectivity index (χ1) is 39.7. The Balaban J connectivity index is 0.952. The lowest BCUT2D eigenvalue weighted by Gasteiger charge is -2.28. The topological polar surface area (TPSA) is 59.0 Å². The van der Waals surface area contributed by atoms with Crippen molar-refractivity contribution in [2.24, 2.45) is 0 Å². The summed E-state index contributed by atoms with van der Waals surface area (Å²) in [5.41, 5.74) is 17.0. The van der Waals surface area contributed by atoms with Crippen molar-refractivity contribution in [2.75, 3.05) is 9.80 Å². The molecular formula is C74H44N2O4. The molecule has 6 heteroatoms. The van der Waals surface area contributed by atoms with Crippen LogP contribution in [0.1, 0.15) is 0 Å². The van der Waals surface area contributed by atoms with Crippen LogP contribution in [0, 0.1) is 0 Å². The smallest absolute Gasteiger partial charge is 0.159 e. The van der Waals surface area contributed by atoms with Crippen molar-refractivity contribution in [3.05, 3.63) is 267 Å². The van der Waals surface area contributed by atoms with E-state index in [-0.39, 0.29) is 0 Å². The molecule has 0 saturated heterocycles. The van der Waals surface area contributed by atoms with Gasteiger partial charge in [-0.2, -0.15) is 0 Å². The molecule has 0 bridgehead atoms. The Morgan fingerprint density at radius 1 is 0.200 bits per heavy atom. The predicted octanol–water partition coefficient (Wildman–Crippen LogP) is 21.9. The molecule has 17 rings (SSSR count). The minimum absolute atomic E-state index is 0.813. The molecule has 80 heavy (non-hydrogen) atoms. The monoisotopic (exact) mass is 1020 g/mol. The number of hydrogen-bond acceptors (Lipinski definition) is 6. The maximum atomic E-state index is 6.86. The summed E-state index contributed by atoms with van der Waals surface area (Å²) in [6.45, 7) is 0. The number of nitrogens with zero attached hydrogens (tertiary/aromatic N) is 2. The summed E-state index contributed by atoms with van der Waals surface area (Å²) in [7, 11) is 0. The van der Waals surface area contributed by atoms with E-state index in [4.69, 9.17) is 17.7 Å². The third-order valence-corrected chi connectivity index (χ3v) is 16.2. The number of anilines is 6. The summed E-state index contributed by atoms with van der Waals surface area (Å²) < 4.78 is 26.5. The van der Waals surface area contributed by atoms with E-state index in [1.807, 2.05) is 36.4 Å². The summed E-state index contributed by atoms with van der Waals surface area (Å²) >= 11 is 0. The standard InChI is InChI=1S/C74H44N2O4/c1-3-17-45(18-4-1)71-55-37-33-48(76(50-36-40-70-60(42-50)54-24-10-12-30-66(54)78-70)64-28-16-26-58-52-22-8-14-32-68(52)80-74(58)64)44-62(55)72(46-19-5-2-6-20-46)56-38-34-47(43-61(56)71)75(49-35-39-69-59(41-49)53-23-9-11-29-65(53)77-69)63-27-15-25-57-51-21-7-13-31-67(51)79-73(57)63/h1-44H. The van der Waals surface area contributed by atoms with Gasteiger partial charge in [0.2, 0.25) is 0 Å². The van der Waals surface area contributed by atoms with Gasteiger partial charge in [0.25, 0.3) is 0 Å². The molecular weight excluding hydrogens is 981 g/mol. The molecule has 6 nitrogen and oxygen atoms in total. The normalized spacial score (nSPS) is 12.0. The van der Waals surface area contributed by atoms with Crippen molar-refractivity contribution in [3.63, 3.8) is 0 Å². The molecule has 13 aromatic carbocycles. The van der Waals surface area contributed by atoms with E-state index in [9.17, 15) is 0 Å². The first kappa shape index (κ1) is 44.3. The van der Waals surface area contributed by atoms with Crippen molar-refractivity contribution in [1.82, 2.24) is 0 Å². The van der Waals surface area contributed by atoms with Gasteiger partial charge in [-0.05, 0) is 141 Å². The van der Waals surface area contributed by atoms with E-state index in [2.05, 4.69) is 240 Å². The molecule has 0 amide bonds.